The van der Waals surface area contributed by atoms with Crippen LogP contribution in [0, 0.1) is 0 Å². The number of unbranched alkanes of at least 4 members (excludes halogenated alkanes) is 1. The van der Waals surface area contributed by atoms with E-state index in [1.165, 1.54) is 11.3 Å². The van der Waals surface area contributed by atoms with Gasteiger partial charge in [-0.05, 0) is 31.0 Å². The van der Waals surface area contributed by atoms with Gasteiger partial charge in [0.15, 0.2) is 0 Å². The fraction of sp³-hybridized carbons (Fsp3) is 0.333. The average molecular weight is 530 g/mol. The molecule has 0 aliphatic heterocycles. The molecule has 0 bridgehead atoms. The Morgan fingerprint density at radius 3 is 2.52 bits per heavy atom. The van der Waals surface area contributed by atoms with Crippen molar-refractivity contribution in [3.63, 3.8) is 0 Å². The standard InChI is InChI=1S/C24H28BrN5O2S/c1-3-4-15-26-24(32)30(17(2)18-8-6-5-7-9-18)16-14-21(31)27-23-29-28-22(33-23)19-10-12-20(25)13-11-19/h5-13,17H,3-4,14-16H2,1-2H3,(H,26,32)(H,27,29,31). The number of amides is 3. The molecule has 3 aromatic rings. The molecule has 0 saturated carbocycles. The maximum absolute atomic E-state index is 12.8. The van der Waals surface area contributed by atoms with Gasteiger partial charge in [0.05, 0.1) is 6.04 Å². The number of hydrogen-bond acceptors (Lipinski definition) is 5. The van der Waals surface area contributed by atoms with Crippen LogP contribution in [-0.2, 0) is 4.79 Å². The van der Waals surface area contributed by atoms with Crippen LogP contribution in [0.25, 0.3) is 10.6 Å². The van der Waals surface area contributed by atoms with Crippen LogP contribution in [0.1, 0.15) is 44.7 Å². The zero-order chi connectivity index (χ0) is 23.6. The molecular formula is C24H28BrN5O2S. The van der Waals surface area contributed by atoms with Crippen molar-refractivity contribution < 1.29 is 9.59 Å². The highest BCUT2D eigenvalue weighted by Crippen LogP contribution is 2.27. The van der Waals surface area contributed by atoms with Gasteiger partial charge in [0, 0.05) is 29.5 Å². The molecule has 2 aromatic carbocycles. The van der Waals surface area contributed by atoms with Crippen LogP contribution >= 0.6 is 27.3 Å². The molecule has 2 N–H and O–H groups in total. The summed E-state index contributed by atoms with van der Waals surface area (Å²) in [4.78, 5) is 27.2. The van der Waals surface area contributed by atoms with Crippen molar-refractivity contribution in [3.8, 4) is 10.6 Å². The highest BCUT2D eigenvalue weighted by molar-refractivity contribution is 9.10. The molecule has 1 unspecified atom stereocenters. The van der Waals surface area contributed by atoms with Crippen LogP contribution in [0.3, 0.4) is 0 Å². The summed E-state index contributed by atoms with van der Waals surface area (Å²) in [7, 11) is 0. The van der Waals surface area contributed by atoms with E-state index in [2.05, 4.69) is 43.7 Å². The van der Waals surface area contributed by atoms with Crippen molar-refractivity contribution in [1.82, 2.24) is 20.4 Å². The van der Waals surface area contributed by atoms with Crippen LogP contribution in [0.15, 0.2) is 59.1 Å². The molecule has 1 heterocycles. The number of aromatic nitrogens is 2. The van der Waals surface area contributed by atoms with Gasteiger partial charge in [-0.25, -0.2) is 4.79 Å². The minimum absolute atomic E-state index is 0.158. The topological polar surface area (TPSA) is 87.2 Å². The van der Waals surface area contributed by atoms with Crippen molar-refractivity contribution in [2.45, 2.75) is 39.2 Å². The molecule has 0 fully saturated rings. The Labute approximate surface area is 206 Å². The van der Waals surface area contributed by atoms with Crippen molar-refractivity contribution in [2.24, 2.45) is 0 Å². The van der Waals surface area contributed by atoms with Crippen LogP contribution in [-0.4, -0.2) is 40.1 Å². The van der Waals surface area contributed by atoms with Gasteiger partial charge in [0.2, 0.25) is 11.0 Å². The maximum atomic E-state index is 12.8. The Bertz CT molecular complexity index is 1040. The van der Waals surface area contributed by atoms with Crippen molar-refractivity contribution >= 4 is 44.3 Å². The minimum Gasteiger partial charge on any atom is -0.338 e. The highest BCUT2D eigenvalue weighted by atomic mass is 79.9. The van der Waals surface area contributed by atoms with Crippen LogP contribution in [0.5, 0.6) is 0 Å². The van der Waals surface area contributed by atoms with E-state index in [0.717, 1.165) is 33.4 Å². The van der Waals surface area contributed by atoms with Crippen LogP contribution in [0.2, 0.25) is 0 Å². The van der Waals surface area contributed by atoms with E-state index in [4.69, 9.17) is 0 Å². The summed E-state index contributed by atoms with van der Waals surface area (Å²) in [6, 6.07) is 17.2. The lowest BCUT2D eigenvalue weighted by Crippen LogP contribution is -2.43. The smallest absolute Gasteiger partial charge is 0.317 e. The van der Waals surface area contributed by atoms with E-state index in [1.54, 1.807) is 4.90 Å². The number of hydrogen-bond donors (Lipinski definition) is 2. The minimum atomic E-state index is -0.208. The van der Waals surface area contributed by atoms with E-state index >= 15 is 0 Å². The van der Waals surface area contributed by atoms with E-state index < -0.39 is 0 Å². The first-order chi connectivity index (χ1) is 16.0. The summed E-state index contributed by atoms with van der Waals surface area (Å²) in [6.07, 6.45) is 2.07. The molecule has 0 aliphatic rings. The van der Waals surface area contributed by atoms with Crippen LogP contribution < -0.4 is 10.6 Å². The van der Waals surface area contributed by atoms with Gasteiger partial charge < -0.3 is 15.5 Å². The molecule has 33 heavy (non-hydrogen) atoms. The average Bonchev–Trinajstić information content (AvgIpc) is 3.28. The van der Waals surface area contributed by atoms with Crippen molar-refractivity contribution in [1.29, 1.82) is 0 Å². The van der Waals surface area contributed by atoms with Gasteiger partial charge in [-0.15, -0.1) is 10.2 Å². The number of halogens is 1. The Hall–Kier alpha value is -2.78. The predicted molar refractivity (Wildman–Crippen MR) is 136 cm³/mol. The fourth-order valence-corrected chi connectivity index (χ4v) is 4.27. The number of urea groups is 1. The Morgan fingerprint density at radius 2 is 1.82 bits per heavy atom. The number of nitrogens with one attached hydrogen (secondary N) is 2. The zero-order valence-corrected chi connectivity index (χ0v) is 21.2. The number of benzene rings is 2. The summed E-state index contributed by atoms with van der Waals surface area (Å²) in [5.74, 6) is -0.208. The van der Waals surface area contributed by atoms with E-state index in [1.807, 2.05) is 61.5 Å². The van der Waals surface area contributed by atoms with Gasteiger partial charge in [-0.3, -0.25) is 4.79 Å². The maximum Gasteiger partial charge on any atom is 0.317 e. The molecule has 7 nitrogen and oxygen atoms in total. The highest BCUT2D eigenvalue weighted by Gasteiger charge is 2.22. The summed E-state index contributed by atoms with van der Waals surface area (Å²) in [6.45, 7) is 4.96. The zero-order valence-electron chi connectivity index (χ0n) is 18.8. The van der Waals surface area contributed by atoms with Crippen molar-refractivity contribution in [2.75, 3.05) is 18.4 Å². The first-order valence-electron chi connectivity index (χ1n) is 11.0. The lowest BCUT2D eigenvalue weighted by molar-refractivity contribution is -0.116. The second-order valence-corrected chi connectivity index (χ2v) is 9.48. The molecule has 0 aliphatic carbocycles. The number of anilines is 1. The SMILES string of the molecule is CCCCNC(=O)N(CCC(=O)Nc1nnc(-c2ccc(Br)cc2)s1)C(C)c1ccccc1. The molecule has 174 valence electrons. The summed E-state index contributed by atoms with van der Waals surface area (Å²) in [5.41, 5.74) is 1.95. The van der Waals surface area contributed by atoms with E-state index in [0.29, 0.717) is 11.7 Å². The molecule has 0 spiro atoms. The first kappa shape index (κ1) is 24.9. The third-order valence-corrected chi connectivity index (χ3v) is 6.58. The second kappa shape index (κ2) is 12.5. The quantitative estimate of drug-likeness (QED) is 0.321. The lowest BCUT2D eigenvalue weighted by Gasteiger charge is -2.29. The van der Waals surface area contributed by atoms with Crippen molar-refractivity contribution in [3.05, 3.63) is 64.6 Å². The Kier molecular flexibility index (Phi) is 9.38. The third kappa shape index (κ3) is 7.36. The second-order valence-electron chi connectivity index (χ2n) is 7.58. The molecule has 9 heteroatoms. The van der Waals surface area contributed by atoms with Gasteiger partial charge in [-0.1, -0.05) is 83.1 Å². The molecule has 3 rings (SSSR count). The molecule has 3 amide bonds. The molecule has 1 aromatic heterocycles. The van der Waals surface area contributed by atoms with Crippen LogP contribution in [0.4, 0.5) is 9.93 Å². The van der Waals surface area contributed by atoms with Gasteiger partial charge in [-0.2, -0.15) is 0 Å². The number of rotatable bonds is 10. The molecular weight excluding hydrogens is 502 g/mol. The molecule has 1 atom stereocenters. The number of nitrogens with zero attached hydrogens (tertiary/aromatic N) is 3. The molecule has 0 radical (unpaired) electrons. The summed E-state index contributed by atoms with van der Waals surface area (Å²) < 4.78 is 0.984. The van der Waals surface area contributed by atoms with Gasteiger partial charge in [0.25, 0.3) is 0 Å². The first-order valence-corrected chi connectivity index (χ1v) is 12.6. The lowest BCUT2D eigenvalue weighted by atomic mass is 10.1. The number of carbonyl (C=O) groups excluding carboxylic acids is 2. The number of carbonyl (C=O) groups is 2. The summed E-state index contributed by atoms with van der Waals surface area (Å²) in [5, 5.41) is 15.2. The van der Waals surface area contributed by atoms with Gasteiger partial charge >= 0.3 is 6.03 Å². The largest absolute Gasteiger partial charge is 0.338 e. The van der Waals surface area contributed by atoms with Gasteiger partial charge in [0.1, 0.15) is 5.01 Å². The third-order valence-electron chi connectivity index (χ3n) is 5.16. The van der Waals surface area contributed by atoms with E-state index in [-0.39, 0.29) is 30.9 Å². The Morgan fingerprint density at radius 1 is 1.09 bits per heavy atom. The normalized spacial score (nSPS) is 11.6. The predicted octanol–water partition coefficient (Wildman–Crippen LogP) is 5.87. The molecule has 0 saturated heterocycles. The summed E-state index contributed by atoms with van der Waals surface area (Å²) >= 11 is 4.73. The monoisotopic (exact) mass is 529 g/mol. The van der Waals surface area contributed by atoms with E-state index in [9.17, 15) is 9.59 Å². The fourth-order valence-electron chi connectivity index (χ4n) is 3.24. The Balaban J connectivity index is 1.61.